The van der Waals surface area contributed by atoms with E-state index in [0.29, 0.717) is 21.3 Å². The van der Waals surface area contributed by atoms with Gasteiger partial charge < -0.3 is 0 Å². The molecular weight excluding hydrogens is 377 g/mol. The minimum atomic E-state index is -0.867. The number of hydrazine groups is 1. The van der Waals surface area contributed by atoms with Crippen LogP contribution in [0.4, 0.5) is 5.69 Å². The van der Waals surface area contributed by atoms with E-state index in [1.807, 2.05) is 13.0 Å². The summed E-state index contributed by atoms with van der Waals surface area (Å²) in [4.78, 5) is 38.0. The topological polar surface area (TPSA) is 78.5 Å². The summed E-state index contributed by atoms with van der Waals surface area (Å²) in [5.41, 5.74) is 6.79. The van der Waals surface area contributed by atoms with Crippen molar-refractivity contribution in [1.82, 2.24) is 10.9 Å². The Morgan fingerprint density at radius 3 is 2.46 bits per heavy atom. The van der Waals surface area contributed by atoms with E-state index in [1.54, 1.807) is 18.2 Å². The molecule has 134 valence electrons. The van der Waals surface area contributed by atoms with Gasteiger partial charge in [0.25, 0.3) is 11.8 Å². The molecule has 3 rings (SSSR count). The van der Waals surface area contributed by atoms with Crippen LogP contribution in [0.15, 0.2) is 42.5 Å². The molecule has 0 saturated carbocycles. The summed E-state index contributed by atoms with van der Waals surface area (Å²) < 4.78 is 0. The van der Waals surface area contributed by atoms with Crippen molar-refractivity contribution in [3.63, 3.8) is 0 Å². The first-order valence-corrected chi connectivity index (χ1v) is 8.56. The van der Waals surface area contributed by atoms with Gasteiger partial charge in [-0.25, -0.2) is 10.3 Å². The fourth-order valence-corrected chi connectivity index (χ4v) is 3.21. The van der Waals surface area contributed by atoms with Gasteiger partial charge in [0, 0.05) is 15.6 Å². The number of carbonyl (C=O) groups excluding carboxylic acids is 3. The number of benzene rings is 2. The molecule has 1 atom stereocenters. The van der Waals surface area contributed by atoms with Crippen molar-refractivity contribution < 1.29 is 14.4 Å². The lowest BCUT2D eigenvalue weighted by atomic mass is 10.1. The number of hydrogen-bond acceptors (Lipinski definition) is 4. The largest absolute Gasteiger partial charge is 0.287 e. The average Bonchev–Trinajstić information content (AvgIpc) is 2.85. The van der Waals surface area contributed by atoms with Gasteiger partial charge in [-0.3, -0.25) is 19.8 Å². The Hall–Kier alpha value is -2.41. The lowest BCUT2D eigenvalue weighted by Crippen LogP contribution is -2.48. The average molecular weight is 392 g/mol. The normalized spacial score (nSPS) is 16.9. The number of anilines is 1. The zero-order valence-electron chi connectivity index (χ0n) is 13.8. The van der Waals surface area contributed by atoms with Gasteiger partial charge in [-0.05, 0) is 37.3 Å². The van der Waals surface area contributed by atoms with E-state index in [4.69, 9.17) is 23.2 Å². The van der Waals surface area contributed by atoms with E-state index in [2.05, 4.69) is 10.9 Å². The first kappa shape index (κ1) is 18.4. The zero-order chi connectivity index (χ0) is 18.8. The first-order valence-electron chi connectivity index (χ1n) is 7.80. The number of nitrogens with zero attached hydrogens (tertiary/aromatic N) is 1. The molecule has 3 amide bonds. The Morgan fingerprint density at radius 1 is 1.12 bits per heavy atom. The quantitative estimate of drug-likeness (QED) is 0.620. The van der Waals surface area contributed by atoms with Gasteiger partial charge >= 0.3 is 0 Å². The lowest BCUT2D eigenvalue weighted by molar-refractivity contribution is -0.121. The predicted octanol–water partition coefficient (Wildman–Crippen LogP) is 2.87. The van der Waals surface area contributed by atoms with Crippen LogP contribution in [0, 0.1) is 6.92 Å². The summed E-state index contributed by atoms with van der Waals surface area (Å²) in [7, 11) is 0. The summed E-state index contributed by atoms with van der Waals surface area (Å²) in [6.07, 6.45) is -0.0862. The molecule has 0 spiro atoms. The fraction of sp³-hybridized carbons (Fsp3) is 0.167. The van der Waals surface area contributed by atoms with Crippen LogP contribution in [-0.4, -0.2) is 23.8 Å². The minimum Gasteiger partial charge on any atom is -0.287 e. The molecule has 26 heavy (non-hydrogen) atoms. The highest BCUT2D eigenvalue weighted by Crippen LogP contribution is 2.29. The molecule has 0 bridgehead atoms. The molecule has 6 nitrogen and oxygen atoms in total. The van der Waals surface area contributed by atoms with Crippen LogP contribution in [0.25, 0.3) is 0 Å². The third kappa shape index (κ3) is 3.88. The molecule has 1 aliphatic rings. The van der Waals surface area contributed by atoms with Crippen LogP contribution in [-0.2, 0) is 9.59 Å². The number of rotatable bonds is 4. The molecule has 2 N–H and O–H groups in total. The van der Waals surface area contributed by atoms with Crippen molar-refractivity contribution in [2.75, 3.05) is 4.90 Å². The van der Waals surface area contributed by atoms with E-state index in [1.165, 1.54) is 18.2 Å². The second-order valence-corrected chi connectivity index (χ2v) is 6.79. The van der Waals surface area contributed by atoms with Gasteiger partial charge in [0.1, 0.15) is 6.04 Å². The van der Waals surface area contributed by atoms with E-state index in [0.717, 1.165) is 10.5 Å². The molecule has 1 fully saturated rings. The van der Waals surface area contributed by atoms with Crippen LogP contribution >= 0.6 is 23.2 Å². The molecule has 0 unspecified atom stereocenters. The Bertz CT molecular complexity index is 881. The summed E-state index contributed by atoms with van der Waals surface area (Å²) in [6, 6.07) is 10.6. The number of imide groups is 1. The predicted molar refractivity (Wildman–Crippen MR) is 99.1 cm³/mol. The summed E-state index contributed by atoms with van der Waals surface area (Å²) in [5.74, 6) is -1.29. The highest BCUT2D eigenvalue weighted by Gasteiger charge is 2.40. The summed E-state index contributed by atoms with van der Waals surface area (Å²) in [6.45, 7) is 1.87. The highest BCUT2D eigenvalue weighted by molar-refractivity contribution is 6.35. The van der Waals surface area contributed by atoms with E-state index in [-0.39, 0.29) is 6.42 Å². The van der Waals surface area contributed by atoms with Crippen molar-refractivity contribution in [2.24, 2.45) is 0 Å². The van der Waals surface area contributed by atoms with Gasteiger partial charge in [0.2, 0.25) is 5.91 Å². The van der Waals surface area contributed by atoms with Crippen LogP contribution in [0.3, 0.4) is 0 Å². The second kappa shape index (κ2) is 7.45. The second-order valence-electron chi connectivity index (χ2n) is 5.92. The van der Waals surface area contributed by atoms with Gasteiger partial charge in [-0.1, -0.05) is 40.9 Å². The van der Waals surface area contributed by atoms with Crippen molar-refractivity contribution in [2.45, 2.75) is 19.4 Å². The van der Waals surface area contributed by atoms with Gasteiger partial charge in [-0.15, -0.1) is 0 Å². The minimum absolute atomic E-state index is 0.0862. The molecule has 1 saturated heterocycles. The zero-order valence-corrected chi connectivity index (χ0v) is 15.3. The molecule has 1 aliphatic heterocycles. The van der Waals surface area contributed by atoms with Crippen LogP contribution in [0.1, 0.15) is 22.3 Å². The van der Waals surface area contributed by atoms with Crippen LogP contribution < -0.4 is 15.8 Å². The Kier molecular flexibility index (Phi) is 5.27. The Balaban J connectivity index is 1.70. The van der Waals surface area contributed by atoms with Crippen molar-refractivity contribution in [1.29, 1.82) is 0 Å². The Morgan fingerprint density at radius 2 is 1.81 bits per heavy atom. The smallest absolute Gasteiger partial charge is 0.265 e. The van der Waals surface area contributed by atoms with Crippen molar-refractivity contribution >= 4 is 46.6 Å². The number of hydrogen-bond donors (Lipinski definition) is 2. The maximum absolute atomic E-state index is 12.5. The molecule has 0 radical (unpaired) electrons. The Labute approximate surface area is 160 Å². The molecule has 8 heteroatoms. The monoisotopic (exact) mass is 391 g/mol. The molecule has 0 aliphatic carbocycles. The van der Waals surface area contributed by atoms with Gasteiger partial charge in [-0.2, -0.15) is 0 Å². The first-order chi connectivity index (χ1) is 12.3. The van der Waals surface area contributed by atoms with Crippen LogP contribution in [0.5, 0.6) is 0 Å². The third-order valence-electron chi connectivity index (χ3n) is 3.89. The van der Waals surface area contributed by atoms with Crippen LogP contribution in [0.2, 0.25) is 10.0 Å². The summed E-state index contributed by atoms with van der Waals surface area (Å²) in [5, 5.41) is 0.634. The fourth-order valence-electron chi connectivity index (χ4n) is 2.70. The number of nitrogens with one attached hydrogen (secondary N) is 2. The highest BCUT2D eigenvalue weighted by atomic mass is 35.5. The van der Waals surface area contributed by atoms with Crippen molar-refractivity contribution in [3.05, 3.63) is 63.6 Å². The number of halogens is 2. The van der Waals surface area contributed by atoms with E-state index in [9.17, 15) is 14.4 Å². The number of carbonyl (C=O) groups is 3. The molecule has 2 aromatic carbocycles. The maximum atomic E-state index is 12.5. The standard InChI is InChI=1S/C18H15Cl2N3O3/c1-10-3-2-4-11(5-10)17(25)22-21-15-9-16(24)23(18(15)26)14-7-12(19)6-13(20)8-14/h2-8,15,21H,9H2,1H3,(H,22,25)/t15-/m1/s1. The number of amides is 3. The molecule has 0 aromatic heterocycles. The third-order valence-corrected chi connectivity index (χ3v) is 4.33. The molecule has 2 aromatic rings. The molecular formula is C18H15Cl2N3O3. The van der Waals surface area contributed by atoms with E-state index >= 15 is 0 Å². The van der Waals surface area contributed by atoms with Gasteiger partial charge in [0.15, 0.2) is 0 Å². The van der Waals surface area contributed by atoms with Gasteiger partial charge in [0.05, 0.1) is 12.1 Å². The SMILES string of the molecule is Cc1cccc(C(=O)NN[C@@H]2CC(=O)N(c3cc(Cl)cc(Cl)c3)C2=O)c1. The van der Waals surface area contributed by atoms with Crippen molar-refractivity contribution in [3.8, 4) is 0 Å². The summed E-state index contributed by atoms with van der Waals surface area (Å²) >= 11 is 11.9. The molecule has 1 heterocycles. The van der Waals surface area contributed by atoms with E-state index < -0.39 is 23.8 Å². The lowest BCUT2D eigenvalue weighted by Gasteiger charge is -2.16. The number of aryl methyl sites for hydroxylation is 1. The maximum Gasteiger partial charge on any atom is 0.265 e.